The topological polar surface area (TPSA) is 108 Å². The van der Waals surface area contributed by atoms with Crippen molar-refractivity contribution >= 4 is 60.4 Å². The van der Waals surface area contributed by atoms with Gasteiger partial charge >= 0.3 is 12.1 Å². The summed E-state index contributed by atoms with van der Waals surface area (Å²) in [5.41, 5.74) is 2.47. The highest BCUT2D eigenvalue weighted by Gasteiger charge is 2.34. The van der Waals surface area contributed by atoms with Gasteiger partial charge in [0.2, 0.25) is 5.91 Å². The third-order valence-electron chi connectivity index (χ3n) is 8.03. The molecule has 1 aliphatic carbocycles. The van der Waals surface area contributed by atoms with E-state index in [-0.39, 0.29) is 34.0 Å². The molecule has 0 bridgehead atoms. The molecule has 236 valence electrons. The molecule has 12 heteroatoms. The molecule has 1 heterocycles. The highest BCUT2D eigenvalue weighted by atomic mass is 79.9. The highest BCUT2D eigenvalue weighted by Crippen LogP contribution is 2.40. The third kappa shape index (κ3) is 8.29. The Kier molecular flexibility index (Phi) is 10.2. The van der Waals surface area contributed by atoms with Crippen LogP contribution in [-0.4, -0.2) is 34.4 Å². The Morgan fingerprint density at radius 2 is 1.69 bits per heavy atom. The second-order valence-corrected chi connectivity index (χ2v) is 13.0. The number of aliphatic carboxylic acids is 1. The Hall–Kier alpha value is -3.77. The lowest BCUT2D eigenvalue weighted by Crippen LogP contribution is -2.26. The van der Waals surface area contributed by atoms with Gasteiger partial charge in [-0.15, -0.1) is 0 Å². The van der Waals surface area contributed by atoms with Crippen LogP contribution in [0, 0.1) is 0 Å². The quantitative estimate of drug-likeness (QED) is 0.154. The lowest BCUT2D eigenvalue weighted by atomic mass is 9.83. The highest BCUT2D eigenvalue weighted by molar-refractivity contribution is 9.10. The van der Waals surface area contributed by atoms with Crippen molar-refractivity contribution < 1.29 is 32.7 Å². The SMILES string of the molecule is O=C(O)CCNC(=O)c1ccc(CC(C(=O)Nc2nc3cc(C(F)(F)F)c(Br)cc3s2)c2ccc(C3CCCCC3)cc2)cc1. The molecular weight excluding hydrogens is 671 g/mol. The van der Waals surface area contributed by atoms with Crippen molar-refractivity contribution in [3.05, 3.63) is 93.0 Å². The van der Waals surface area contributed by atoms with E-state index in [1.165, 1.54) is 30.9 Å². The predicted molar refractivity (Wildman–Crippen MR) is 171 cm³/mol. The Balaban J connectivity index is 1.38. The first-order valence-electron chi connectivity index (χ1n) is 14.6. The van der Waals surface area contributed by atoms with E-state index in [1.54, 1.807) is 24.3 Å². The number of carboxylic acid groups (broad SMARTS) is 1. The summed E-state index contributed by atoms with van der Waals surface area (Å²) >= 11 is 4.08. The summed E-state index contributed by atoms with van der Waals surface area (Å²) in [6.07, 6.45) is 1.50. The number of hydrogen-bond donors (Lipinski definition) is 3. The molecule has 3 N–H and O–H groups in total. The van der Waals surface area contributed by atoms with Crippen LogP contribution in [0.5, 0.6) is 0 Å². The van der Waals surface area contributed by atoms with Crippen LogP contribution in [0.3, 0.4) is 0 Å². The van der Waals surface area contributed by atoms with E-state index >= 15 is 0 Å². The number of rotatable bonds is 10. The second kappa shape index (κ2) is 14.1. The fraction of sp³-hybridized carbons (Fsp3) is 0.333. The van der Waals surface area contributed by atoms with Crippen molar-refractivity contribution in [3.8, 4) is 0 Å². The van der Waals surface area contributed by atoms with Crippen LogP contribution in [0.1, 0.15) is 83.0 Å². The van der Waals surface area contributed by atoms with Crippen molar-refractivity contribution in [1.82, 2.24) is 10.3 Å². The van der Waals surface area contributed by atoms with Crippen LogP contribution < -0.4 is 10.6 Å². The number of amides is 2. The second-order valence-electron chi connectivity index (χ2n) is 11.2. The minimum Gasteiger partial charge on any atom is -0.481 e. The van der Waals surface area contributed by atoms with E-state index in [2.05, 4.69) is 43.7 Å². The number of aromatic nitrogens is 1. The van der Waals surface area contributed by atoms with Crippen LogP contribution in [0.15, 0.2) is 65.1 Å². The fourth-order valence-corrected chi connectivity index (χ4v) is 7.23. The molecule has 0 radical (unpaired) electrons. The zero-order chi connectivity index (χ0) is 32.1. The van der Waals surface area contributed by atoms with E-state index in [9.17, 15) is 27.6 Å². The maximum atomic E-state index is 13.8. The Bertz CT molecular complexity index is 1680. The van der Waals surface area contributed by atoms with Crippen LogP contribution >= 0.6 is 27.3 Å². The van der Waals surface area contributed by atoms with Crippen molar-refractivity contribution in [1.29, 1.82) is 0 Å². The van der Waals surface area contributed by atoms with E-state index in [4.69, 9.17) is 5.11 Å². The number of hydrogen-bond acceptors (Lipinski definition) is 5. The minimum absolute atomic E-state index is 0.00918. The number of anilines is 1. The number of nitrogens with zero attached hydrogens (tertiary/aromatic N) is 1. The number of halogens is 4. The minimum atomic E-state index is -4.55. The molecule has 3 aromatic carbocycles. The van der Waals surface area contributed by atoms with Crippen molar-refractivity contribution in [2.75, 3.05) is 11.9 Å². The third-order valence-corrected chi connectivity index (χ3v) is 9.61. The van der Waals surface area contributed by atoms with E-state index in [0.717, 1.165) is 41.4 Å². The Morgan fingerprint density at radius 1 is 1.00 bits per heavy atom. The van der Waals surface area contributed by atoms with E-state index < -0.39 is 29.5 Å². The van der Waals surface area contributed by atoms with Crippen LogP contribution in [0.4, 0.5) is 18.3 Å². The molecular formula is C33H31BrF3N3O4S. The summed E-state index contributed by atoms with van der Waals surface area (Å²) < 4.78 is 40.7. The monoisotopic (exact) mass is 701 g/mol. The molecule has 7 nitrogen and oxygen atoms in total. The number of carboxylic acids is 1. The summed E-state index contributed by atoms with van der Waals surface area (Å²) in [4.78, 5) is 41.2. The fourth-order valence-electron chi connectivity index (χ4n) is 5.62. The van der Waals surface area contributed by atoms with Crippen molar-refractivity contribution in [2.24, 2.45) is 0 Å². The first-order chi connectivity index (χ1) is 21.5. The zero-order valence-corrected chi connectivity index (χ0v) is 26.5. The number of nitrogens with one attached hydrogen (secondary N) is 2. The van der Waals surface area contributed by atoms with Crippen molar-refractivity contribution in [3.63, 3.8) is 0 Å². The molecule has 2 amide bonds. The van der Waals surface area contributed by atoms with Gasteiger partial charge < -0.3 is 15.7 Å². The van der Waals surface area contributed by atoms with Gasteiger partial charge in [-0.3, -0.25) is 14.4 Å². The maximum Gasteiger partial charge on any atom is 0.417 e. The average molecular weight is 703 g/mol. The first-order valence-corrected chi connectivity index (χ1v) is 16.3. The maximum absolute atomic E-state index is 13.8. The Morgan fingerprint density at radius 3 is 2.33 bits per heavy atom. The van der Waals surface area contributed by atoms with E-state index in [1.807, 2.05) is 12.1 Å². The van der Waals surface area contributed by atoms with Gasteiger partial charge in [-0.25, -0.2) is 4.98 Å². The van der Waals surface area contributed by atoms with Gasteiger partial charge in [-0.05, 0) is 66.1 Å². The van der Waals surface area contributed by atoms with Crippen molar-refractivity contribution in [2.45, 2.75) is 63.0 Å². The molecule has 0 saturated heterocycles. The Labute approximate surface area is 270 Å². The summed E-state index contributed by atoms with van der Waals surface area (Å²) in [5, 5.41) is 14.4. The summed E-state index contributed by atoms with van der Waals surface area (Å²) in [7, 11) is 0. The summed E-state index contributed by atoms with van der Waals surface area (Å²) in [6.45, 7) is 0.00918. The van der Waals surface area contributed by atoms with Gasteiger partial charge in [0.25, 0.3) is 5.91 Å². The largest absolute Gasteiger partial charge is 0.481 e. The molecule has 1 aliphatic rings. The number of benzene rings is 3. The predicted octanol–water partition coefficient (Wildman–Crippen LogP) is 8.29. The molecule has 1 fully saturated rings. The molecule has 1 atom stereocenters. The lowest BCUT2D eigenvalue weighted by Gasteiger charge is -2.23. The van der Waals surface area contributed by atoms with E-state index in [0.29, 0.717) is 22.6 Å². The van der Waals surface area contributed by atoms with Crippen LogP contribution in [0.25, 0.3) is 10.2 Å². The molecule has 1 unspecified atom stereocenters. The number of alkyl halides is 3. The standard InChI is InChI=1S/C33H31BrF3N3O4S/c34-26-18-28-27(17-25(26)33(35,36)37)39-32(45-28)40-31(44)24(22-12-10-21(11-13-22)20-4-2-1-3-5-20)16-19-6-8-23(9-7-19)30(43)38-15-14-29(41)42/h6-13,17-18,20,24H,1-5,14-16H2,(H,38,43)(H,41,42)(H,39,40,44). The molecule has 45 heavy (non-hydrogen) atoms. The van der Waals surface area contributed by atoms with Gasteiger partial charge in [0.05, 0.1) is 28.1 Å². The summed E-state index contributed by atoms with van der Waals surface area (Å²) in [5.74, 6) is -1.91. The van der Waals surface area contributed by atoms with Crippen LogP contribution in [-0.2, 0) is 22.2 Å². The molecule has 0 aliphatic heterocycles. The van der Waals surface area contributed by atoms with Crippen LogP contribution in [0.2, 0.25) is 0 Å². The first kappa shape index (κ1) is 32.6. The zero-order valence-electron chi connectivity index (χ0n) is 24.1. The van der Waals surface area contributed by atoms with Gasteiger partial charge in [0, 0.05) is 16.6 Å². The van der Waals surface area contributed by atoms with Gasteiger partial charge in [-0.1, -0.05) is 82.9 Å². The average Bonchev–Trinajstić information content (AvgIpc) is 3.40. The molecule has 5 rings (SSSR count). The summed E-state index contributed by atoms with van der Waals surface area (Å²) in [6, 6.07) is 17.1. The molecule has 0 spiro atoms. The molecule has 1 saturated carbocycles. The number of carbonyl (C=O) groups is 3. The van der Waals surface area contributed by atoms with Gasteiger partial charge in [0.1, 0.15) is 0 Å². The lowest BCUT2D eigenvalue weighted by molar-refractivity contribution is -0.138. The molecule has 1 aromatic heterocycles. The van der Waals surface area contributed by atoms with Gasteiger partial charge in [-0.2, -0.15) is 13.2 Å². The number of carbonyl (C=O) groups excluding carboxylic acids is 2. The van der Waals surface area contributed by atoms with Gasteiger partial charge in [0.15, 0.2) is 5.13 Å². The normalized spacial score (nSPS) is 14.7. The number of fused-ring (bicyclic) bond motifs is 1. The number of thiazole rings is 1. The molecule has 4 aromatic rings. The smallest absolute Gasteiger partial charge is 0.417 e.